The molecule has 20 heavy (non-hydrogen) atoms. The lowest BCUT2D eigenvalue weighted by atomic mass is 9.99. The Bertz CT molecular complexity index is 534. The maximum Gasteiger partial charge on any atom is 0.0801 e. The molecule has 0 saturated carbocycles. The summed E-state index contributed by atoms with van der Waals surface area (Å²) in [6, 6.07) is 8.88. The predicted molar refractivity (Wildman–Crippen MR) is 82.7 cm³/mol. The molecule has 0 spiro atoms. The highest BCUT2D eigenvalue weighted by molar-refractivity contribution is 5.31. The van der Waals surface area contributed by atoms with Crippen molar-refractivity contribution in [2.45, 2.75) is 39.7 Å². The Hall–Kier alpha value is -1.74. The zero-order chi connectivity index (χ0) is 14.4. The van der Waals surface area contributed by atoms with Crippen molar-refractivity contribution in [3.05, 3.63) is 59.2 Å². The van der Waals surface area contributed by atoms with E-state index in [9.17, 15) is 0 Å². The first-order valence-electron chi connectivity index (χ1n) is 7.35. The van der Waals surface area contributed by atoms with E-state index in [1.54, 1.807) is 0 Å². The average molecular weight is 269 g/mol. The summed E-state index contributed by atoms with van der Waals surface area (Å²) in [5.74, 6) is 0. The standard InChI is InChI=1S/C17H23N3/c1-4-7-14-8-6-9-15(10-14)17(18-5-2)16-12-19-13(3)11-20-16/h6,8-12,17-18H,4-5,7H2,1-3H3. The van der Waals surface area contributed by atoms with Gasteiger partial charge < -0.3 is 5.32 Å². The van der Waals surface area contributed by atoms with Gasteiger partial charge in [-0.15, -0.1) is 0 Å². The molecule has 1 N–H and O–H groups in total. The lowest BCUT2D eigenvalue weighted by Gasteiger charge is -2.18. The third kappa shape index (κ3) is 3.64. The molecule has 3 heteroatoms. The SMILES string of the molecule is CCCc1cccc(C(NCC)c2cnc(C)cn2)c1. The lowest BCUT2D eigenvalue weighted by molar-refractivity contribution is 0.611. The van der Waals surface area contributed by atoms with Crippen molar-refractivity contribution in [2.24, 2.45) is 0 Å². The molecule has 1 aromatic heterocycles. The maximum atomic E-state index is 4.52. The van der Waals surface area contributed by atoms with E-state index < -0.39 is 0 Å². The minimum Gasteiger partial charge on any atom is -0.305 e. The largest absolute Gasteiger partial charge is 0.305 e. The third-order valence-electron chi connectivity index (χ3n) is 3.33. The molecule has 0 amide bonds. The Kier molecular flexibility index (Phi) is 5.24. The van der Waals surface area contributed by atoms with Crippen molar-refractivity contribution in [1.29, 1.82) is 0 Å². The molecule has 2 aromatic rings. The van der Waals surface area contributed by atoms with Crippen LogP contribution in [0.4, 0.5) is 0 Å². The topological polar surface area (TPSA) is 37.8 Å². The summed E-state index contributed by atoms with van der Waals surface area (Å²) in [5.41, 5.74) is 4.57. The van der Waals surface area contributed by atoms with Gasteiger partial charge in [0.05, 0.1) is 23.6 Å². The third-order valence-corrected chi connectivity index (χ3v) is 3.33. The van der Waals surface area contributed by atoms with Gasteiger partial charge in [0.1, 0.15) is 0 Å². The van der Waals surface area contributed by atoms with Gasteiger partial charge in [-0.1, -0.05) is 44.5 Å². The molecule has 2 rings (SSSR count). The summed E-state index contributed by atoms with van der Waals surface area (Å²) in [6.07, 6.45) is 5.98. The van der Waals surface area contributed by atoms with Crippen LogP contribution in [0.3, 0.4) is 0 Å². The highest BCUT2D eigenvalue weighted by atomic mass is 14.9. The second-order valence-corrected chi connectivity index (χ2v) is 5.07. The second-order valence-electron chi connectivity index (χ2n) is 5.07. The summed E-state index contributed by atoms with van der Waals surface area (Å²) in [7, 11) is 0. The van der Waals surface area contributed by atoms with Crippen molar-refractivity contribution in [1.82, 2.24) is 15.3 Å². The number of benzene rings is 1. The molecule has 1 unspecified atom stereocenters. The minimum absolute atomic E-state index is 0.116. The first-order valence-corrected chi connectivity index (χ1v) is 7.35. The van der Waals surface area contributed by atoms with Gasteiger partial charge in [-0.05, 0) is 31.0 Å². The number of nitrogens with one attached hydrogen (secondary N) is 1. The monoisotopic (exact) mass is 269 g/mol. The zero-order valence-corrected chi connectivity index (χ0v) is 12.6. The van der Waals surface area contributed by atoms with Crippen molar-refractivity contribution in [2.75, 3.05) is 6.54 Å². The van der Waals surface area contributed by atoms with E-state index in [4.69, 9.17) is 0 Å². The van der Waals surface area contributed by atoms with Gasteiger partial charge in [0.15, 0.2) is 0 Å². The van der Waals surface area contributed by atoms with Gasteiger partial charge in [-0.3, -0.25) is 9.97 Å². The summed E-state index contributed by atoms with van der Waals surface area (Å²) < 4.78 is 0. The van der Waals surface area contributed by atoms with Gasteiger partial charge >= 0.3 is 0 Å². The van der Waals surface area contributed by atoms with Crippen molar-refractivity contribution >= 4 is 0 Å². The number of aromatic nitrogens is 2. The van der Waals surface area contributed by atoms with Gasteiger partial charge in [-0.25, -0.2) is 0 Å². The van der Waals surface area contributed by atoms with E-state index in [2.05, 4.69) is 53.4 Å². The Labute approximate surface area is 121 Å². The zero-order valence-electron chi connectivity index (χ0n) is 12.6. The van der Waals surface area contributed by atoms with Crippen LogP contribution in [-0.4, -0.2) is 16.5 Å². The van der Waals surface area contributed by atoms with E-state index in [0.717, 1.165) is 24.4 Å². The van der Waals surface area contributed by atoms with Gasteiger partial charge in [0.25, 0.3) is 0 Å². The molecule has 0 saturated heterocycles. The maximum absolute atomic E-state index is 4.52. The van der Waals surface area contributed by atoms with Crippen LogP contribution in [0, 0.1) is 6.92 Å². The molecule has 0 aliphatic rings. The molecule has 1 aromatic carbocycles. The van der Waals surface area contributed by atoms with E-state index in [0.29, 0.717) is 0 Å². The molecule has 106 valence electrons. The fraction of sp³-hybridized carbons (Fsp3) is 0.412. The number of hydrogen-bond donors (Lipinski definition) is 1. The number of nitrogens with zero attached hydrogens (tertiary/aromatic N) is 2. The molecule has 0 radical (unpaired) electrons. The number of hydrogen-bond acceptors (Lipinski definition) is 3. The highest BCUT2D eigenvalue weighted by Crippen LogP contribution is 2.21. The molecule has 1 atom stereocenters. The van der Waals surface area contributed by atoms with Gasteiger partial charge in [-0.2, -0.15) is 0 Å². The van der Waals surface area contributed by atoms with Gasteiger partial charge in [0.2, 0.25) is 0 Å². The van der Waals surface area contributed by atoms with Crippen LogP contribution in [0.2, 0.25) is 0 Å². The predicted octanol–water partition coefficient (Wildman–Crippen LogP) is 3.44. The summed E-state index contributed by atoms with van der Waals surface area (Å²) in [6.45, 7) is 7.18. The normalized spacial score (nSPS) is 12.3. The number of rotatable bonds is 6. The first-order chi connectivity index (χ1) is 9.74. The fourth-order valence-corrected chi connectivity index (χ4v) is 2.37. The lowest BCUT2D eigenvalue weighted by Crippen LogP contribution is -2.23. The Morgan fingerprint density at radius 1 is 1.15 bits per heavy atom. The van der Waals surface area contributed by atoms with Crippen LogP contribution >= 0.6 is 0 Å². The summed E-state index contributed by atoms with van der Waals surface area (Å²) in [4.78, 5) is 8.89. The average Bonchev–Trinajstić information content (AvgIpc) is 2.47. The molecule has 1 heterocycles. The van der Waals surface area contributed by atoms with E-state index in [-0.39, 0.29) is 6.04 Å². The van der Waals surface area contributed by atoms with Crippen LogP contribution in [0.25, 0.3) is 0 Å². The Morgan fingerprint density at radius 2 is 2.00 bits per heavy atom. The second kappa shape index (κ2) is 7.15. The summed E-state index contributed by atoms with van der Waals surface area (Å²) in [5, 5.41) is 3.50. The van der Waals surface area contributed by atoms with Crippen LogP contribution in [-0.2, 0) is 6.42 Å². The van der Waals surface area contributed by atoms with E-state index >= 15 is 0 Å². The molecule has 0 fully saturated rings. The Balaban J connectivity index is 2.32. The molecule has 0 aliphatic heterocycles. The molecule has 0 bridgehead atoms. The number of aryl methyl sites for hydroxylation is 2. The molecule has 0 aliphatic carbocycles. The van der Waals surface area contributed by atoms with Crippen LogP contribution in [0.15, 0.2) is 36.7 Å². The molecular formula is C17H23N3. The van der Waals surface area contributed by atoms with E-state index in [1.165, 1.54) is 17.5 Å². The molecule has 3 nitrogen and oxygen atoms in total. The van der Waals surface area contributed by atoms with Crippen molar-refractivity contribution < 1.29 is 0 Å². The minimum atomic E-state index is 0.116. The first kappa shape index (κ1) is 14.7. The smallest absolute Gasteiger partial charge is 0.0801 e. The summed E-state index contributed by atoms with van der Waals surface area (Å²) >= 11 is 0. The van der Waals surface area contributed by atoms with Crippen LogP contribution in [0.1, 0.15) is 48.8 Å². The van der Waals surface area contributed by atoms with Crippen molar-refractivity contribution in [3.8, 4) is 0 Å². The van der Waals surface area contributed by atoms with Crippen LogP contribution < -0.4 is 5.32 Å². The highest BCUT2D eigenvalue weighted by Gasteiger charge is 2.14. The van der Waals surface area contributed by atoms with Crippen LogP contribution in [0.5, 0.6) is 0 Å². The quantitative estimate of drug-likeness (QED) is 0.873. The van der Waals surface area contributed by atoms with Gasteiger partial charge in [0, 0.05) is 6.20 Å². The Morgan fingerprint density at radius 3 is 2.65 bits per heavy atom. The van der Waals surface area contributed by atoms with E-state index in [1.807, 2.05) is 19.3 Å². The molecular weight excluding hydrogens is 246 g/mol. The fourth-order valence-electron chi connectivity index (χ4n) is 2.37. The van der Waals surface area contributed by atoms with Crippen molar-refractivity contribution in [3.63, 3.8) is 0 Å².